The molecule has 2 saturated carbocycles. The van der Waals surface area contributed by atoms with Crippen LogP contribution in [0.15, 0.2) is 11.8 Å². The lowest BCUT2D eigenvalue weighted by atomic mass is 9.82. The highest BCUT2D eigenvalue weighted by atomic mass is 16.5. The van der Waals surface area contributed by atoms with Gasteiger partial charge in [0, 0.05) is 11.8 Å². The topological polar surface area (TPSA) is 49.7 Å². The third-order valence-corrected chi connectivity index (χ3v) is 5.63. The molecule has 0 bridgehead atoms. The van der Waals surface area contributed by atoms with Gasteiger partial charge in [0.15, 0.2) is 5.60 Å². The minimum absolute atomic E-state index is 0.171. The van der Waals surface area contributed by atoms with Gasteiger partial charge in [-0.05, 0) is 37.7 Å². The molecule has 3 nitrogen and oxygen atoms in total. The first-order chi connectivity index (χ1) is 8.31. The van der Waals surface area contributed by atoms with Gasteiger partial charge in [0.05, 0.1) is 11.9 Å². The molecule has 0 radical (unpaired) electrons. The summed E-state index contributed by atoms with van der Waals surface area (Å²) in [5.74, 6) is 1.99. The van der Waals surface area contributed by atoms with E-state index in [9.17, 15) is 10.2 Å². The van der Waals surface area contributed by atoms with Gasteiger partial charge in [-0.25, -0.2) is 0 Å². The minimum Gasteiger partial charge on any atom is -0.488 e. The summed E-state index contributed by atoms with van der Waals surface area (Å²) in [6.45, 7) is 8.26. The van der Waals surface area contributed by atoms with E-state index < -0.39 is 17.3 Å². The molecule has 0 aromatic heterocycles. The van der Waals surface area contributed by atoms with Crippen LogP contribution in [-0.2, 0) is 4.74 Å². The first-order valence-electron chi connectivity index (χ1n) is 7.13. The third-order valence-electron chi connectivity index (χ3n) is 5.63. The van der Waals surface area contributed by atoms with Crippen molar-refractivity contribution in [3.8, 4) is 0 Å². The predicted molar refractivity (Wildman–Crippen MR) is 68.7 cm³/mol. The molecule has 2 unspecified atom stereocenters. The van der Waals surface area contributed by atoms with Crippen molar-refractivity contribution >= 4 is 0 Å². The maximum atomic E-state index is 11.0. The second kappa shape index (κ2) is 3.51. The summed E-state index contributed by atoms with van der Waals surface area (Å²) in [4.78, 5) is 0. The van der Waals surface area contributed by atoms with Crippen LogP contribution in [0, 0.1) is 23.7 Å². The van der Waals surface area contributed by atoms with Crippen molar-refractivity contribution < 1.29 is 14.9 Å². The summed E-state index contributed by atoms with van der Waals surface area (Å²) in [7, 11) is 0. The Kier molecular flexibility index (Phi) is 2.44. The standard InChI is InChI=1S/C15H24O3/c1-8(2)11-7-15(17)13(16)12-9(3)5-6-10(12)14(15,4)18-11/h7-10,12-13,16-17H,5-6H2,1-4H3/t9-,10-,12-,13?,14+,15?/m1/s1. The molecule has 102 valence electrons. The number of aliphatic hydroxyl groups excluding tert-OH is 1. The molecule has 6 atom stereocenters. The van der Waals surface area contributed by atoms with E-state index in [0.29, 0.717) is 5.92 Å². The molecular formula is C15H24O3. The van der Waals surface area contributed by atoms with Crippen LogP contribution < -0.4 is 0 Å². The highest BCUT2D eigenvalue weighted by Crippen LogP contribution is 2.62. The van der Waals surface area contributed by atoms with Gasteiger partial charge < -0.3 is 14.9 Å². The second-order valence-corrected chi connectivity index (χ2v) is 6.92. The lowest BCUT2D eigenvalue weighted by molar-refractivity contribution is -0.135. The average molecular weight is 252 g/mol. The highest BCUT2D eigenvalue weighted by Gasteiger charge is 2.72. The molecule has 3 aliphatic rings. The quantitative estimate of drug-likeness (QED) is 0.751. The number of hydrogen-bond donors (Lipinski definition) is 2. The molecular weight excluding hydrogens is 228 g/mol. The van der Waals surface area contributed by atoms with E-state index in [4.69, 9.17) is 4.74 Å². The van der Waals surface area contributed by atoms with Crippen molar-refractivity contribution in [1.82, 2.24) is 0 Å². The predicted octanol–water partition coefficient (Wildman–Crippen LogP) is 2.08. The van der Waals surface area contributed by atoms with Crippen LogP contribution in [0.4, 0.5) is 0 Å². The fraction of sp³-hybridized carbons (Fsp3) is 0.867. The summed E-state index contributed by atoms with van der Waals surface area (Å²) < 4.78 is 6.12. The van der Waals surface area contributed by atoms with Gasteiger partial charge in [-0.1, -0.05) is 20.8 Å². The van der Waals surface area contributed by atoms with Gasteiger partial charge in [0.25, 0.3) is 0 Å². The molecule has 0 amide bonds. The number of rotatable bonds is 1. The van der Waals surface area contributed by atoms with Crippen molar-refractivity contribution in [1.29, 1.82) is 0 Å². The van der Waals surface area contributed by atoms with E-state index >= 15 is 0 Å². The Balaban J connectivity index is 2.04. The molecule has 18 heavy (non-hydrogen) atoms. The fourth-order valence-electron chi connectivity index (χ4n) is 4.44. The number of aliphatic hydroxyl groups is 2. The SMILES string of the molecule is CC(C)C1=CC2(O)C(O)[C@@H]3[C@H](C)CC[C@H]3[C@]2(C)O1. The number of allylic oxidation sites excluding steroid dienone is 1. The normalized spacial score (nSPS) is 54.3. The molecule has 0 aromatic carbocycles. The summed E-state index contributed by atoms with van der Waals surface area (Å²) >= 11 is 0. The first-order valence-corrected chi connectivity index (χ1v) is 7.13. The van der Waals surface area contributed by atoms with Crippen molar-refractivity contribution in [2.75, 3.05) is 0 Å². The zero-order valence-corrected chi connectivity index (χ0v) is 11.7. The molecule has 2 fully saturated rings. The van der Waals surface area contributed by atoms with Crippen LogP contribution in [0.3, 0.4) is 0 Å². The Morgan fingerprint density at radius 2 is 2.06 bits per heavy atom. The molecule has 0 aromatic rings. The van der Waals surface area contributed by atoms with E-state index in [1.807, 2.05) is 6.92 Å². The van der Waals surface area contributed by atoms with Gasteiger partial charge in [0.2, 0.25) is 0 Å². The first kappa shape index (κ1) is 12.5. The van der Waals surface area contributed by atoms with E-state index in [1.165, 1.54) is 0 Å². The largest absolute Gasteiger partial charge is 0.488 e. The van der Waals surface area contributed by atoms with Crippen molar-refractivity contribution in [2.24, 2.45) is 23.7 Å². The molecule has 2 aliphatic carbocycles. The van der Waals surface area contributed by atoms with Crippen LogP contribution in [0.1, 0.15) is 40.5 Å². The second-order valence-electron chi connectivity index (χ2n) is 6.92. The van der Waals surface area contributed by atoms with Gasteiger partial charge in [0.1, 0.15) is 5.60 Å². The molecule has 0 spiro atoms. The fourth-order valence-corrected chi connectivity index (χ4v) is 4.44. The monoisotopic (exact) mass is 252 g/mol. The highest BCUT2D eigenvalue weighted by molar-refractivity contribution is 5.33. The third kappa shape index (κ3) is 1.22. The van der Waals surface area contributed by atoms with Gasteiger partial charge >= 0.3 is 0 Å². The van der Waals surface area contributed by atoms with E-state index in [0.717, 1.165) is 18.6 Å². The maximum Gasteiger partial charge on any atom is 0.152 e. The lowest BCUT2D eigenvalue weighted by Crippen LogP contribution is -2.53. The van der Waals surface area contributed by atoms with E-state index in [1.54, 1.807) is 6.08 Å². The zero-order valence-electron chi connectivity index (χ0n) is 11.7. The molecule has 0 saturated heterocycles. The smallest absolute Gasteiger partial charge is 0.152 e. The lowest BCUT2D eigenvalue weighted by Gasteiger charge is -2.36. The zero-order chi connectivity index (χ0) is 13.3. The van der Waals surface area contributed by atoms with Crippen LogP contribution in [0.5, 0.6) is 0 Å². The number of hydrogen-bond acceptors (Lipinski definition) is 3. The molecule has 1 aliphatic heterocycles. The minimum atomic E-state index is -1.20. The molecule has 3 heteroatoms. The van der Waals surface area contributed by atoms with Gasteiger partial charge in [-0.3, -0.25) is 0 Å². The average Bonchev–Trinajstić information content (AvgIpc) is 2.83. The Hall–Kier alpha value is -0.540. The van der Waals surface area contributed by atoms with Crippen LogP contribution in [-0.4, -0.2) is 27.5 Å². The Labute approximate surface area is 109 Å². The van der Waals surface area contributed by atoms with Crippen LogP contribution in [0.2, 0.25) is 0 Å². The number of ether oxygens (including phenoxy) is 1. The Morgan fingerprint density at radius 1 is 1.39 bits per heavy atom. The summed E-state index contributed by atoms with van der Waals surface area (Å²) in [6.07, 6.45) is 3.26. The van der Waals surface area contributed by atoms with Crippen LogP contribution in [0.25, 0.3) is 0 Å². The van der Waals surface area contributed by atoms with Gasteiger partial charge in [-0.2, -0.15) is 0 Å². The maximum absolute atomic E-state index is 11.0. The number of fused-ring (bicyclic) bond motifs is 3. The van der Waals surface area contributed by atoms with E-state index in [2.05, 4.69) is 20.8 Å². The van der Waals surface area contributed by atoms with Crippen LogP contribution >= 0.6 is 0 Å². The summed E-state index contributed by atoms with van der Waals surface area (Å²) in [6, 6.07) is 0. The summed E-state index contributed by atoms with van der Waals surface area (Å²) in [5.41, 5.74) is -1.84. The van der Waals surface area contributed by atoms with Gasteiger partial charge in [-0.15, -0.1) is 0 Å². The molecule has 3 rings (SSSR count). The molecule has 2 N–H and O–H groups in total. The van der Waals surface area contributed by atoms with Crippen molar-refractivity contribution in [2.45, 2.75) is 57.8 Å². The van der Waals surface area contributed by atoms with E-state index in [-0.39, 0.29) is 17.8 Å². The molecule has 1 heterocycles. The van der Waals surface area contributed by atoms with Crippen molar-refractivity contribution in [3.05, 3.63) is 11.8 Å². The summed E-state index contributed by atoms with van der Waals surface area (Å²) in [5, 5.41) is 21.5. The Morgan fingerprint density at radius 3 is 2.67 bits per heavy atom. The Bertz CT molecular complexity index is 403. The van der Waals surface area contributed by atoms with Crippen molar-refractivity contribution in [3.63, 3.8) is 0 Å².